The number of nitrogens with zero attached hydrogens (tertiary/aromatic N) is 3. The zero-order valence-electron chi connectivity index (χ0n) is 17.8. The molecule has 33 heavy (non-hydrogen) atoms. The third-order valence-electron chi connectivity index (χ3n) is 6.25. The molecule has 1 fully saturated rings. The second kappa shape index (κ2) is 7.35. The molecule has 0 bridgehead atoms. The number of hydrogen-bond acceptors (Lipinski definition) is 5. The number of hydrogen-bond donors (Lipinski definition) is 3. The van der Waals surface area contributed by atoms with Crippen molar-refractivity contribution in [1.29, 1.82) is 0 Å². The highest BCUT2D eigenvalue weighted by molar-refractivity contribution is 6.21. The van der Waals surface area contributed by atoms with Gasteiger partial charge in [-0.15, -0.1) is 0 Å². The smallest absolute Gasteiger partial charge is 0.258 e. The normalized spacial score (nSPS) is 14.6. The Labute approximate surface area is 186 Å². The van der Waals surface area contributed by atoms with Gasteiger partial charge in [-0.1, -0.05) is 6.07 Å². The quantitative estimate of drug-likeness (QED) is 0.361. The molecule has 0 radical (unpaired) electrons. The lowest BCUT2D eigenvalue weighted by Gasteiger charge is -2.29. The van der Waals surface area contributed by atoms with E-state index in [0.29, 0.717) is 16.6 Å². The standard InChI is InChI=1S/C24H20F2N6O/c1-12-19-20-17-3-2-16(32-6-4-27-5-7-32)11-18(17)28-24(33)21(20)22(29-23(19)31-30-12)13-8-14(25)10-15(26)9-13/h2-3,8-11,27H,4-7H2,1H3,(H,28,33)(H,29,30,31). The van der Waals surface area contributed by atoms with Crippen molar-refractivity contribution in [2.45, 2.75) is 6.92 Å². The largest absolute Gasteiger partial charge is 0.369 e. The Kier molecular flexibility index (Phi) is 4.41. The number of piperazine rings is 1. The molecule has 4 heterocycles. The van der Waals surface area contributed by atoms with Crippen LogP contribution in [0.1, 0.15) is 5.69 Å². The average molecular weight is 446 g/mol. The van der Waals surface area contributed by atoms with E-state index in [4.69, 9.17) is 0 Å². The number of H-pyrrole nitrogens is 2. The fraction of sp³-hybridized carbons (Fsp3) is 0.208. The van der Waals surface area contributed by atoms with E-state index in [1.165, 1.54) is 12.1 Å². The van der Waals surface area contributed by atoms with Crippen molar-refractivity contribution in [1.82, 2.24) is 25.5 Å². The minimum Gasteiger partial charge on any atom is -0.369 e. The van der Waals surface area contributed by atoms with Crippen molar-refractivity contribution < 1.29 is 8.78 Å². The molecule has 5 aromatic rings. The summed E-state index contributed by atoms with van der Waals surface area (Å²) in [4.78, 5) is 23.1. The molecule has 3 aromatic heterocycles. The summed E-state index contributed by atoms with van der Waals surface area (Å²) >= 11 is 0. The molecule has 0 unspecified atom stereocenters. The number of aryl methyl sites for hydroxylation is 1. The van der Waals surface area contributed by atoms with Crippen LogP contribution in [-0.2, 0) is 0 Å². The van der Waals surface area contributed by atoms with Crippen LogP contribution in [0, 0.1) is 18.6 Å². The van der Waals surface area contributed by atoms with Gasteiger partial charge in [-0.2, -0.15) is 5.10 Å². The first-order chi connectivity index (χ1) is 16.0. The maximum Gasteiger partial charge on any atom is 0.258 e. The lowest BCUT2D eigenvalue weighted by Crippen LogP contribution is -2.43. The van der Waals surface area contributed by atoms with E-state index in [2.05, 4.69) is 30.4 Å². The number of fused-ring (bicyclic) bond motifs is 5. The van der Waals surface area contributed by atoms with Crippen LogP contribution in [0.5, 0.6) is 0 Å². The molecule has 2 aromatic carbocycles. The molecule has 166 valence electrons. The summed E-state index contributed by atoms with van der Waals surface area (Å²) in [5, 5.41) is 13.0. The molecule has 3 N–H and O–H groups in total. The van der Waals surface area contributed by atoms with Crippen LogP contribution in [0.3, 0.4) is 0 Å². The molecule has 1 aliphatic rings. The van der Waals surface area contributed by atoms with E-state index in [9.17, 15) is 13.6 Å². The van der Waals surface area contributed by atoms with E-state index in [1.54, 1.807) is 0 Å². The van der Waals surface area contributed by atoms with Crippen LogP contribution in [0.4, 0.5) is 14.5 Å². The molecule has 6 rings (SSSR count). The maximum absolute atomic E-state index is 14.0. The van der Waals surface area contributed by atoms with Crippen LogP contribution >= 0.6 is 0 Å². The summed E-state index contributed by atoms with van der Waals surface area (Å²) in [5.41, 5.74) is 2.87. The van der Waals surface area contributed by atoms with Crippen molar-refractivity contribution in [2.24, 2.45) is 0 Å². The minimum absolute atomic E-state index is 0.183. The monoisotopic (exact) mass is 446 g/mol. The molecule has 1 aliphatic heterocycles. The predicted molar refractivity (Wildman–Crippen MR) is 125 cm³/mol. The summed E-state index contributed by atoms with van der Waals surface area (Å²) in [6, 6.07) is 9.13. The van der Waals surface area contributed by atoms with Gasteiger partial charge in [0.25, 0.3) is 5.56 Å². The van der Waals surface area contributed by atoms with Crippen molar-refractivity contribution in [3.63, 3.8) is 0 Å². The summed E-state index contributed by atoms with van der Waals surface area (Å²) in [6.07, 6.45) is 0. The SMILES string of the molecule is Cc1[nH]nc2nc(-c3cc(F)cc(F)c3)c3c(=O)[nH]c4cc(N5CCNCC5)ccc4c3c12. The first-order valence-corrected chi connectivity index (χ1v) is 10.8. The zero-order chi connectivity index (χ0) is 22.7. The Morgan fingerprint density at radius 1 is 0.970 bits per heavy atom. The molecular formula is C24H20F2N6O. The fourth-order valence-corrected chi connectivity index (χ4v) is 4.75. The van der Waals surface area contributed by atoms with E-state index in [1.807, 2.05) is 25.1 Å². The minimum atomic E-state index is -0.740. The number of benzene rings is 2. The molecule has 0 spiro atoms. The van der Waals surface area contributed by atoms with Crippen LogP contribution in [0.2, 0.25) is 0 Å². The van der Waals surface area contributed by atoms with Crippen molar-refractivity contribution in [2.75, 3.05) is 31.1 Å². The highest BCUT2D eigenvalue weighted by Gasteiger charge is 2.21. The van der Waals surface area contributed by atoms with Crippen molar-refractivity contribution in [3.8, 4) is 11.3 Å². The lowest BCUT2D eigenvalue weighted by molar-refractivity contribution is 0.584. The summed E-state index contributed by atoms with van der Waals surface area (Å²) < 4.78 is 28.0. The Balaban J connectivity index is 1.71. The van der Waals surface area contributed by atoms with E-state index < -0.39 is 11.6 Å². The molecule has 7 nitrogen and oxygen atoms in total. The van der Waals surface area contributed by atoms with Crippen LogP contribution in [0.25, 0.3) is 44.0 Å². The molecule has 0 saturated carbocycles. The topological polar surface area (TPSA) is 89.7 Å². The summed E-state index contributed by atoms with van der Waals surface area (Å²) in [6.45, 7) is 5.43. The second-order valence-corrected chi connectivity index (χ2v) is 8.34. The Morgan fingerprint density at radius 2 is 1.73 bits per heavy atom. The number of pyridine rings is 2. The Morgan fingerprint density at radius 3 is 2.48 bits per heavy atom. The van der Waals surface area contributed by atoms with Crippen molar-refractivity contribution >= 4 is 38.4 Å². The second-order valence-electron chi connectivity index (χ2n) is 8.34. The molecule has 9 heteroatoms. The molecular weight excluding hydrogens is 426 g/mol. The third kappa shape index (κ3) is 3.15. The molecule has 0 amide bonds. The van der Waals surface area contributed by atoms with Crippen LogP contribution in [0.15, 0.2) is 41.2 Å². The van der Waals surface area contributed by atoms with Crippen LogP contribution < -0.4 is 15.8 Å². The molecule has 0 aliphatic carbocycles. The molecule has 0 atom stereocenters. The van der Waals surface area contributed by atoms with Gasteiger partial charge in [-0.3, -0.25) is 9.89 Å². The number of rotatable bonds is 2. The lowest BCUT2D eigenvalue weighted by atomic mass is 9.98. The highest BCUT2D eigenvalue weighted by Crippen LogP contribution is 2.36. The van der Waals surface area contributed by atoms with Crippen LogP contribution in [-0.4, -0.2) is 46.3 Å². The predicted octanol–water partition coefficient (Wildman–Crippen LogP) is 3.62. The van der Waals surface area contributed by atoms with Gasteiger partial charge in [-0.25, -0.2) is 13.8 Å². The Hall–Kier alpha value is -3.85. The number of halogens is 2. The number of aromatic nitrogens is 4. The van der Waals surface area contributed by atoms with Gasteiger partial charge in [-0.05, 0) is 31.2 Å². The summed E-state index contributed by atoms with van der Waals surface area (Å²) in [5.74, 6) is -1.48. The average Bonchev–Trinajstić information content (AvgIpc) is 3.18. The third-order valence-corrected chi connectivity index (χ3v) is 6.25. The number of nitrogens with one attached hydrogen (secondary N) is 3. The van der Waals surface area contributed by atoms with Gasteiger partial charge in [0.1, 0.15) is 11.6 Å². The van der Waals surface area contributed by atoms with Crippen molar-refractivity contribution in [3.05, 3.63) is 64.1 Å². The first-order valence-electron chi connectivity index (χ1n) is 10.8. The zero-order valence-corrected chi connectivity index (χ0v) is 17.8. The van der Waals surface area contributed by atoms with Gasteiger partial charge >= 0.3 is 0 Å². The van der Waals surface area contributed by atoms with Gasteiger partial charge in [0, 0.05) is 60.0 Å². The van der Waals surface area contributed by atoms with Gasteiger partial charge < -0.3 is 15.2 Å². The van der Waals surface area contributed by atoms with E-state index >= 15 is 0 Å². The summed E-state index contributed by atoms with van der Waals surface area (Å²) in [7, 11) is 0. The number of anilines is 1. The fourth-order valence-electron chi connectivity index (χ4n) is 4.75. The van der Waals surface area contributed by atoms with Gasteiger partial charge in [0.2, 0.25) is 0 Å². The maximum atomic E-state index is 14.0. The van der Waals surface area contributed by atoms with Gasteiger partial charge in [0.05, 0.1) is 22.0 Å². The first kappa shape index (κ1) is 19.8. The van der Waals surface area contributed by atoms with Gasteiger partial charge in [0.15, 0.2) is 5.65 Å². The Bertz CT molecular complexity index is 1600. The molecule has 1 saturated heterocycles. The highest BCUT2D eigenvalue weighted by atomic mass is 19.1. The van der Waals surface area contributed by atoms with E-state index in [0.717, 1.165) is 54.4 Å². The van der Waals surface area contributed by atoms with E-state index in [-0.39, 0.29) is 22.2 Å². The number of aromatic amines is 2.